The Hall–Kier alpha value is -5.74. The second kappa shape index (κ2) is 14.1. The predicted molar refractivity (Wildman–Crippen MR) is 210 cm³/mol. The minimum absolute atomic E-state index is 0.0741. The van der Waals surface area contributed by atoms with Gasteiger partial charge in [-0.05, 0) is 73.9 Å². The zero-order valence-electron chi connectivity index (χ0n) is 31.6. The maximum absolute atomic E-state index is 15.4. The lowest BCUT2D eigenvalue weighted by molar-refractivity contribution is -0.144. The number of allylic oxidation sites excluding steroid dienone is 2. The Kier molecular flexibility index (Phi) is 9.04. The van der Waals surface area contributed by atoms with Crippen LogP contribution in [0.15, 0.2) is 115 Å². The van der Waals surface area contributed by atoms with Crippen molar-refractivity contribution in [1.82, 2.24) is 14.8 Å². The van der Waals surface area contributed by atoms with Crippen molar-refractivity contribution in [1.29, 1.82) is 0 Å². The summed E-state index contributed by atoms with van der Waals surface area (Å²) in [5.41, 5.74) is 6.27. The summed E-state index contributed by atoms with van der Waals surface area (Å²) < 4.78 is 5.91. The molecule has 10 nitrogen and oxygen atoms in total. The normalized spacial score (nSPS) is 27.8. The molecule has 5 aliphatic rings. The van der Waals surface area contributed by atoms with E-state index in [1.54, 1.807) is 23.1 Å². The highest BCUT2D eigenvalue weighted by molar-refractivity contribution is 6.13. The Balaban J connectivity index is 1.12. The van der Waals surface area contributed by atoms with Crippen LogP contribution in [0.2, 0.25) is 0 Å². The van der Waals surface area contributed by atoms with Gasteiger partial charge in [0.2, 0.25) is 11.8 Å². The van der Waals surface area contributed by atoms with Gasteiger partial charge in [-0.1, -0.05) is 96.1 Å². The Morgan fingerprint density at radius 3 is 2.20 bits per heavy atom. The smallest absolute Gasteiger partial charge is 0.260 e. The molecule has 6 atom stereocenters. The molecule has 286 valence electrons. The van der Waals surface area contributed by atoms with E-state index >= 15 is 4.79 Å². The Morgan fingerprint density at radius 1 is 0.804 bits per heavy atom. The number of nitrogens with zero attached hydrogens (tertiary/aromatic N) is 3. The first-order chi connectivity index (χ1) is 27.2. The highest BCUT2D eigenvalue weighted by Crippen LogP contribution is 2.66. The molecule has 4 fully saturated rings. The van der Waals surface area contributed by atoms with Gasteiger partial charge in [0, 0.05) is 37.2 Å². The largest absolute Gasteiger partial charge is 0.508 e. The first-order valence-electron chi connectivity index (χ1n) is 19.7. The molecular formula is C46H46N4O6. The van der Waals surface area contributed by atoms with E-state index in [-0.39, 0.29) is 30.0 Å². The van der Waals surface area contributed by atoms with Crippen LogP contribution in [0.1, 0.15) is 53.9 Å². The highest BCUT2D eigenvalue weighted by atomic mass is 16.5. The van der Waals surface area contributed by atoms with Gasteiger partial charge in [0.15, 0.2) is 0 Å². The second-order valence-corrected chi connectivity index (χ2v) is 16.0. The topological polar surface area (TPSA) is 119 Å². The summed E-state index contributed by atoms with van der Waals surface area (Å²) >= 11 is 0. The number of ether oxygens (including phenoxy) is 1. The number of aromatic hydroxyl groups is 1. The van der Waals surface area contributed by atoms with Crippen LogP contribution in [-0.4, -0.2) is 69.8 Å². The fraction of sp³-hybridized carbons (Fsp3) is 0.348. The molecule has 3 saturated heterocycles. The second-order valence-electron chi connectivity index (χ2n) is 16.0. The number of hydrazine groups is 1. The standard InChI is InChI=1S/C46H46N4O6/c1-28-16-18-31(19-17-28)47-50-43(53)36-26-35-33(41(40-37(51)14-9-15-38(40)56-2)46(36,45(50)55)30-12-7-4-8-13-30)20-21-34-39(35)44(54)49(42(34)52)32-22-24-48(25-23-32)27-29-10-5-3-6-11-29/h3-20,32,34-36,39,41,47,51H,21-27H2,1-2H3/t34-,35+,36-,39-,41+,46+/m0/s1. The molecular weight excluding hydrogens is 705 g/mol. The number of nitrogens with one attached hydrogen (secondary N) is 1. The molecule has 4 aromatic carbocycles. The van der Waals surface area contributed by atoms with E-state index < -0.39 is 46.8 Å². The van der Waals surface area contributed by atoms with Crippen LogP contribution in [-0.2, 0) is 31.1 Å². The molecule has 0 spiro atoms. The molecule has 10 heteroatoms. The van der Waals surface area contributed by atoms with Gasteiger partial charge in [0.05, 0.1) is 36.0 Å². The van der Waals surface area contributed by atoms with Crippen molar-refractivity contribution in [2.45, 2.75) is 56.5 Å². The molecule has 9 rings (SSSR count). The highest BCUT2D eigenvalue weighted by Gasteiger charge is 2.71. The van der Waals surface area contributed by atoms with E-state index in [4.69, 9.17) is 4.74 Å². The maximum Gasteiger partial charge on any atom is 0.260 e. The number of fused-ring (bicyclic) bond motifs is 4. The van der Waals surface area contributed by atoms with Crippen molar-refractivity contribution in [3.05, 3.63) is 137 Å². The summed E-state index contributed by atoms with van der Waals surface area (Å²) in [5, 5.41) is 12.9. The van der Waals surface area contributed by atoms with Crippen molar-refractivity contribution >= 4 is 29.3 Å². The molecule has 3 aliphatic heterocycles. The number of hydrogen-bond donors (Lipinski definition) is 2. The summed E-state index contributed by atoms with van der Waals surface area (Å²) in [7, 11) is 1.52. The summed E-state index contributed by atoms with van der Waals surface area (Å²) in [6, 6.07) is 31.9. The summed E-state index contributed by atoms with van der Waals surface area (Å²) in [6.45, 7) is 4.33. The van der Waals surface area contributed by atoms with Gasteiger partial charge < -0.3 is 9.84 Å². The first kappa shape index (κ1) is 35.9. The van der Waals surface area contributed by atoms with E-state index in [1.807, 2.05) is 85.8 Å². The third-order valence-corrected chi connectivity index (χ3v) is 13.2. The molecule has 56 heavy (non-hydrogen) atoms. The van der Waals surface area contributed by atoms with Crippen LogP contribution >= 0.6 is 0 Å². The van der Waals surface area contributed by atoms with Gasteiger partial charge in [0.1, 0.15) is 11.5 Å². The van der Waals surface area contributed by atoms with E-state index in [0.29, 0.717) is 41.8 Å². The lowest BCUT2D eigenvalue weighted by atomic mass is 9.49. The first-order valence-corrected chi connectivity index (χ1v) is 19.7. The van der Waals surface area contributed by atoms with Gasteiger partial charge in [-0.3, -0.25) is 34.4 Å². The molecule has 0 unspecified atom stereocenters. The zero-order chi connectivity index (χ0) is 38.7. The number of anilines is 1. The number of likely N-dealkylation sites (tertiary alicyclic amines) is 2. The average Bonchev–Trinajstić information content (AvgIpc) is 3.60. The Morgan fingerprint density at radius 2 is 1.50 bits per heavy atom. The van der Waals surface area contributed by atoms with E-state index in [2.05, 4.69) is 22.5 Å². The van der Waals surface area contributed by atoms with Crippen LogP contribution in [0.3, 0.4) is 0 Å². The van der Waals surface area contributed by atoms with Crippen LogP contribution in [0, 0.1) is 30.6 Å². The monoisotopic (exact) mass is 750 g/mol. The number of carbonyl (C=O) groups is 4. The Labute approximate surface area is 326 Å². The fourth-order valence-electron chi connectivity index (χ4n) is 10.6. The van der Waals surface area contributed by atoms with Crippen LogP contribution in [0.5, 0.6) is 11.5 Å². The van der Waals surface area contributed by atoms with Gasteiger partial charge >= 0.3 is 0 Å². The van der Waals surface area contributed by atoms with Gasteiger partial charge in [-0.15, -0.1) is 0 Å². The van der Waals surface area contributed by atoms with Crippen LogP contribution in [0.4, 0.5) is 5.69 Å². The third kappa shape index (κ3) is 5.56. The number of methoxy groups -OCH3 is 1. The molecule has 2 N–H and O–H groups in total. The van der Waals surface area contributed by atoms with Crippen molar-refractivity contribution in [2.75, 3.05) is 25.6 Å². The SMILES string of the molecule is COc1cccc(O)c1[C@H]1C2=CC[C@@H]3C(=O)N(C4CCN(Cc5ccccc5)CC4)C(=O)[C@@H]3[C@@H]2C[C@H]2C(=O)N(Nc3ccc(C)cc3)C(=O)[C@@]12c1ccccc1. The average molecular weight is 751 g/mol. The van der Waals surface area contributed by atoms with Crippen LogP contribution < -0.4 is 10.2 Å². The van der Waals surface area contributed by atoms with Crippen molar-refractivity contribution in [3.63, 3.8) is 0 Å². The molecule has 2 aliphatic carbocycles. The fourth-order valence-corrected chi connectivity index (χ4v) is 10.6. The number of phenols is 1. The van der Waals surface area contributed by atoms with Crippen molar-refractivity contribution in [2.24, 2.45) is 23.7 Å². The quantitative estimate of drug-likeness (QED) is 0.158. The lowest BCUT2D eigenvalue weighted by Gasteiger charge is -2.50. The van der Waals surface area contributed by atoms with E-state index in [9.17, 15) is 19.5 Å². The molecule has 4 amide bonds. The van der Waals surface area contributed by atoms with Gasteiger partial charge in [-0.2, -0.15) is 5.01 Å². The van der Waals surface area contributed by atoms with Crippen molar-refractivity contribution < 1.29 is 29.0 Å². The number of rotatable bonds is 8. The lowest BCUT2D eigenvalue weighted by Crippen LogP contribution is -2.53. The maximum atomic E-state index is 15.4. The number of aryl methyl sites for hydroxylation is 1. The molecule has 0 aromatic heterocycles. The molecule has 1 saturated carbocycles. The third-order valence-electron chi connectivity index (χ3n) is 13.2. The number of imide groups is 2. The van der Waals surface area contributed by atoms with E-state index in [0.717, 1.165) is 35.8 Å². The van der Waals surface area contributed by atoms with Crippen LogP contribution in [0.25, 0.3) is 0 Å². The van der Waals surface area contributed by atoms with E-state index in [1.165, 1.54) is 12.7 Å². The molecule has 3 heterocycles. The number of phenolic OH excluding ortho intramolecular Hbond substituents is 1. The summed E-state index contributed by atoms with van der Waals surface area (Å²) in [4.78, 5) is 63.5. The summed E-state index contributed by atoms with van der Waals surface area (Å²) in [5.74, 6) is -4.51. The number of hydrogen-bond acceptors (Lipinski definition) is 8. The Bertz CT molecular complexity index is 2220. The number of carbonyl (C=O) groups excluding carboxylic acids is 4. The van der Waals surface area contributed by atoms with Crippen molar-refractivity contribution in [3.8, 4) is 11.5 Å². The van der Waals surface area contributed by atoms with Gasteiger partial charge in [0.25, 0.3) is 11.8 Å². The predicted octanol–water partition coefficient (Wildman–Crippen LogP) is 6.36. The number of amides is 4. The summed E-state index contributed by atoms with van der Waals surface area (Å²) in [6.07, 6.45) is 3.92. The number of benzene rings is 4. The zero-order valence-corrected chi connectivity index (χ0v) is 31.6. The van der Waals surface area contributed by atoms with Gasteiger partial charge in [-0.25, -0.2) is 0 Å². The molecule has 0 radical (unpaired) electrons. The molecule has 4 aromatic rings. The molecule has 0 bridgehead atoms. The number of piperidine rings is 1. The minimum Gasteiger partial charge on any atom is -0.508 e. The minimum atomic E-state index is -1.51.